The lowest BCUT2D eigenvalue weighted by Gasteiger charge is -2.46. The molecule has 80 heavy (non-hydrogen) atoms. The summed E-state index contributed by atoms with van der Waals surface area (Å²) in [7, 11) is 0. The third kappa shape index (κ3) is 36.1. The molecule has 2 fully saturated rings. The van der Waals surface area contributed by atoms with Gasteiger partial charge in [-0.3, -0.25) is 4.79 Å². The number of ether oxygens (including phenoxy) is 4. The van der Waals surface area contributed by atoms with Crippen LogP contribution in [0.25, 0.3) is 0 Å². The number of aliphatic hydroxyl groups excluding tert-OH is 8. The number of rotatable bonds is 54. The second kappa shape index (κ2) is 51.6. The molecule has 2 heterocycles. The van der Waals surface area contributed by atoms with Gasteiger partial charge in [0.2, 0.25) is 5.91 Å². The number of amides is 1. The van der Waals surface area contributed by atoms with E-state index in [4.69, 9.17) is 18.9 Å². The van der Waals surface area contributed by atoms with Gasteiger partial charge in [0.1, 0.15) is 48.8 Å². The Morgan fingerprint density at radius 2 is 0.825 bits per heavy atom. The minimum Gasteiger partial charge on any atom is -0.394 e. The quantitative estimate of drug-likeness (QED) is 0.0204. The van der Waals surface area contributed by atoms with Crippen molar-refractivity contribution < 1.29 is 64.6 Å². The monoisotopic (exact) mass is 1140 g/mol. The smallest absolute Gasteiger partial charge is 0.220 e. The van der Waals surface area contributed by atoms with Crippen molar-refractivity contribution in [2.75, 3.05) is 19.8 Å². The molecule has 0 spiro atoms. The lowest BCUT2D eigenvalue weighted by molar-refractivity contribution is -0.359. The van der Waals surface area contributed by atoms with Crippen molar-refractivity contribution in [3.63, 3.8) is 0 Å². The molecule has 2 saturated heterocycles. The largest absolute Gasteiger partial charge is 0.394 e. The van der Waals surface area contributed by atoms with Crippen molar-refractivity contribution in [3.05, 3.63) is 36.5 Å². The predicted molar refractivity (Wildman–Crippen MR) is 323 cm³/mol. The zero-order valence-electron chi connectivity index (χ0n) is 50.8. The number of nitrogens with one attached hydrogen (secondary N) is 1. The van der Waals surface area contributed by atoms with Gasteiger partial charge in [0.15, 0.2) is 12.6 Å². The van der Waals surface area contributed by atoms with Crippen LogP contribution in [0.5, 0.6) is 0 Å². The number of carbonyl (C=O) groups excluding carboxylic acids is 1. The van der Waals surface area contributed by atoms with Crippen LogP contribution in [0.1, 0.15) is 284 Å². The second-order valence-electron chi connectivity index (χ2n) is 23.6. The first-order chi connectivity index (χ1) is 39.1. The highest BCUT2D eigenvalue weighted by Crippen LogP contribution is 2.30. The van der Waals surface area contributed by atoms with Crippen LogP contribution >= 0.6 is 0 Å². The summed E-state index contributed by atoms with van der Waals surface area (Å²) in [6.45, 7) is 2.81. The Kier molecular flexibility index (Phi) is 47.9. The molecule has 2 aliphatic heterocycles. The fourth-order valence-electron chi connectivity index (χ4n) is 11.0. The van der Waals surface area contributed by atoms with Gasteiger partial charge in [-0.25, -0.2) is 0 Å². The summed E-state index contributed by atoms with van der Waals surface area (Å²) in [6.07, 6.45) is 47.6. The molecule has 470 valence electrons. The number of unbranched alkanes of at least 4 members (excludes halogenated alkanes) is 37. The van der Waals surface area contributed by atoms with Crippen molar-refractivity contribution in [1.82, 2.24) is 5.32 Å². The number of aliphatic hydroxyl groups is 8. The maximum absolute atomic E-state index is 13.3. The van der Waals surface area contributed by atoms with Crippen LogP contribution in [0.2, 0.25) is 0 Å². The van der Waals surface area contributed by atoms with Crippen LogP contribution in [0.4, 0.5) is 0 Å². The molecule has 0 aromatic rings. The Labute approximate surface area is 487 Å². The van der Waals surface area contributed by atoms with E-state index in [1.165, 1.54) is 199 Å². The van der Waals surface area contributed by atoms with Gasteiger partial charge in [-0.05, 0) is 51.4 Å². The van der Waals surface area contributed by atoms with E-state index in [9.17, 15) is 45.6 Å². The number of carbonyl (C=O) groups is 1. The molecule has 0 bridgehead atoms. The Morgan fingerprint density at radius 3 is 1.26 bits per heavy atom. The van der Waals surface area contributed by atoms with Crippen molar-refractivity contribution in [3.8, 4) is 0 Å². The van der Waals surface area contributed by atoms with E-state index in [0.29, 0.717) is 6.42 Å². The van der Waals surface area contributed by atoms with Gasteiger partial charge in [-0.1, -0.05) is 262 Å². The molecule has 0 saturated carbocycles. The van der Waals surface area contributed by atoms with Gasteiger partial charge in [-0.15, -0.1) is 0 Å². The summed E-state index contributed by atoms with van der Waals surface area (Å²) in [5.74, 6) is -0.244. The van der Waals surface area contributed by atoms with Gasteiger partial charge < -0.3 is 65.1 Å². The summed E-state index contributed by atoms with van der Waals surface area (Å²) in [5.41, 5.74) is 0. The third-order valence-electron chi connectivity index (χ3n) is 16.3. The van der Waals surface area contributed by atoms with E-state index in [0.717, 1.165) is 57.8 Å². The second-order valence-corrected chi connectivity index (χ2v) is 23.6. The predicted octanol–water partition coefficient (Wildman–Crippen LogP) is 12.6. The molecule has 12 atom stereocenters. The van der Waals surface area contributed by atoms with Crippen LogP contribution in [0.15, 0.2) is 36.5 Å². The first-order valence-corrected chi connectivity index (χ1v) is 33.2. The molecule has 9 N–H and O–H groups in total. The molecule has 12 unspecified atom stereocenters. The topological polar surface area (TPSA) is 228 Å². The molecular weight excluding hydrogens is 1010 g/mol. The number of allylic oxidation sites excluding steroid dienone is 5. The summed E-state index contributed by atoms with van der Waals surface area (Å²) in [4.78, 5) is 13.3. The third-order valence-corrected chi connectivity index (χ3v) is 16.3. The highest BCUT2D eigenvalue weighted by atomic mass is 16.7. The molecule has 0 aromatic carbocycles. The Balaban J connectivity index is 1.70. The van der Waals surface area contributed by atoms with E-state index in [1.54, 1.807) is 6.08 Å². The van der Waals surface area contributed by atoms with Gasteiger partial charge in [-0.2, -0.15) is 0 Å². The Hall–Kier alpha value is -1.79. The summed E-state index contributed by atoms with van der Waals surface area (Å²) in [6, 6.07) is -0.920. The minimum absolute atomic E-state index is 0.244. The average molecular weight is 1140 g/mol. The normalized spacial score (nSPS) is 24.4. The molecule has 2 rings (SSSR count). The molecule has 14 nitrogen and oxygen atoms in total. The van der Waals surface area contributed by atoms with Gasteiger partial charge in [0, 0.05) is 6.42 Å². The molecule has 2 aliphatic rings. The maximum Gasteiger partial charge on any atom is 0.220 e. The van der Waals surface area contributed by atoms with Crippen LogP contribution in [-0.4, -0.2) is 140 Å². The molecule has 0 radical (unpaired) electrons. The van der Waals surface area contributed by atoms with Crippen LogP contribution in [-0.2, 0) is 23.7 Å². The zero-order valence-corrected chi connectivity index (χ0v) is 50.8. The first kappa shape index (κ1) is 74.3. The number of hydrogen-bond donors (Lipinski definition) is 9. The van der Waals surface area contributed by atoms with Crippen molar-refractivity contribution in [2.24, 2.45) is 0 Å². The summed E-state index contributed by atoms with van der Waals surface area (Å²) in [5, 5.41) is 87.3. The first-order valence-electron chi connectivity index (χ1n) is 33.2. The van der Waals surface area contributed by atoms with Crippen molar-refractivity contribution in [2.45, 2.75) is 357 Å². The fraction of sp³-hybridized carbons (Fsp3) is 0.894. The zero-order chi connectivity index (χ0) is 58.1. The van der Waals surface area contributed by atoms with Crippen molar-refractivity contribution >= 4 is 5.91 Å². The van der Waals surface area contributed by atoms with Crippen LogP contribution < -0.4 is 5.32 Å². The van der Waals surface area contributed by atoms with E-state index >= 15 is 0 Å². The Bertz CT molecular complexity index is 1480. The molecular formula is C66H123NO13. The lowest BCUT2D eigenvalue weighted by Crippen LogP contribution is -2.65. The molecule has 14 heteroatoms. The van der Waals surface area contributed by atoms with Crippen molar-refractivity contribution in [1.29, 1.82) is 0 Å². The average Bonchev–Trinajstić information content (AvgIpc) is 3.46. The maximum atomic E-state index is 13.3. The van der Waals surface area contributed by atoms with Crippen LogP contribution in [0, 0.1) is 0 Å². The summed E-state index contributed by atoms with van der Waals surface area (Å²) < 4.78 is 22.8. The van der Waals surface area contributed by atoms with Gasteiger partial charge >= 0.3 is 0 Å². The molecule has 0 aliphatic carbocycles. The highest BCUT2D eigenvalue weighted by Gasteiger charge is 2.51. The van der Waals surface area contributed by atoms with Gasteiger partial charge in [0.05, 0.1) is 32.0 Å². The van der Waals surface area contributed by atoms with E-state index in [2.05, 4.69) is 43.5 Å². The van der Waals surface area contributed by atoms with E-state index in [-0.39, 0.29) is 18.9 Å². The van der Waals surface area contributed by atoms with E-state index < -0.39 is 86.8 Å². The SMILES string of the molecule is CCCCCC/C=C\C/C=C\CCCCCCCCCC(=O)NC(COC1OC(CO)C(OC2OC(CO)C(O)C(O)C2O)C(O)C1O)C(O)/C=C/CCCCCCCCCCCCCCCCCCCCCCCCCCCC. The van der Waals surface area contributed by atoms with Crippen LogP contribution in [0.3, 0.4) is 0 Å². The number of hydrogen-bond acceptors (Lipinski definition) is 13. The highest BCUT2D eigenvalue weighted by molar-refractivity contribution is 5.76. The Morgan fingerprint density at radius 1 is 0.450 bits per heavy atom. The lowest BCUT2D eigenvalue weighted by atomic mass is 9.97. The standard InChI is InChI=1S/C66H123NO13/c1-3-5-7-9-11-13-15-17-19-21-23-24-25-26-27-28-29-30-31-32-33-35-37-39-41-43-45-47-49-55(70)54(67-58(71)50-48-46-44-42-40-38-36-34-22-20-18-16-14-12-10-8-6-4-2)53-77-65-63(76)61(74)64(57(52-69)79-65)80-66-62(75)60(73)59(72)56(51-68)78-66/h14,16,20,22,47,49,54-57,59-66,68-70,72-76H,3-13,15,17-19,21,23-46,48,50-53H2,1-2H3,(H,67,71)/b16-14-,22-20-,49-47+. The minimum atomic E-state index is -1.79. The fourth-order valence-corrected chi connectivity index (χ4v) is 11.0. The molecule has 1 amide bonds. The summed E-state index contributed by atoms with van der Waals surface area (Å²) >= 11 is 0. The van der Waals surface area contributed by atoms with E-state index in [1.807, 2.05) is 6.08 Å². The molecule has 0 aromatic heterocycles. The van der Waals surface area contributed by atoms with Gasteiger partial charge in [0.25, 0.3) is 0 Å².